The number of benzene rings is 1. The standard InChI is InChI=1S/C13H17ClN2S/c1-10(14)5-4-8-15-9-13-16-11-6-2-3-7-12(11)17-13/h2-3,6-7,10,15H,4-5,8-9H2,1H3. The summed E-state index contributed by atoms with van der Waals surface area (Å²) < 4.78 is 1.26. The first kappa shape index (κ1) is 12.8. The number of rotatable bonds is 6. The number of fused-ring (bicyclic) bond motifs is 1. The van der Waals surface area contributed by atoms with Gasteiger partial charge in [0.25, 0.3) is 0 Å². The second kappa shape index (κ2) is 6.34. The summed E-state index contributed by atoms with van der Waals surface area (Å²) in [4.78, 5) is 4.58. The summed E-state index contributed by atoms with van der Waals surface area (Å²) in [6.07, 6.45) is 2.18. The van der Waals surface area contributed by atoms with Gasteiger partial charge in [-0.1, -0.05) is 12.1 Å². The molecular formula is C13H17ClN2S. The van der Waals surface area contributed by atoms with E-state index in [2.05, 4.69) is 28.5 Å². The van der Waals surface area contributed by atoms with Gasteiger partial charge in [-0.2, -0.15) is 0 Å². The molecule has 1 unspecified atom stereocenters. The largest absolute Gasteiger partial charge is 0.310 e. The lowest BCUT2D eigenvalue weighted by Crippen LogP contribution is -2.15. The molecule has 0 aliphatic heterocycles. The summed E-state index contributed by atoms with van der Waals surface area (Å²) in [5.41, 5.74) is 1.10. The second-order valence-electron chi connectivity index (χ2n) is 4.18. The number of nitrogens with one attached hydrogen (secondary N) is 1. The van der Waals surface area contributed by atoms with Crippen LogP contribution < -0.4 is 5.32 Å². The van der Waals surface area contributed by atoms with E-state index >= 15 is 0 Å². The van der Waals surface area contributed by atoms with Crippen LogP contribution in [0.15, 0.2) is 24.3 Å². The fourth-order valence-electron chi connectivity index (χ4n) is 1.70. The Kier molecular flexibility index (Phi) is 4.77. The number of hydrogen-bond acceptors (Lipinski definition) is 3. The molecule has 0 aliphatic carbocycles. The van der Waals surface area contributed by atoms with Crippen LogP contribution in [-0.2, 0) is 6.54 Å². The van der Waals surface area contributed by atoms with Crippen LogP contribution in [0, 0.1) is 0 Å². The van der Waals surface area contributed by atoms with Crippen molar-refractivity contribution in [3.63, 3.8) is 0 Å². The van der Waals surface area contributed by atoms with Crippen LogP contribution in [0.2, 0.25) is 0 Å². The molecule has 2 aromatic rings. The number of nitrogens with zero attached hydrogens (tertiary/aromatic N) is 1. The van der Waals surface area contributed by atoms with Gasteiger partial charge in [-0.3, -0.25) is 0 Å². The van der Waals surface area contributed by atoms with E-state index < -0.39 is 0 Å². The third-order valence-electron chi connectivity index (χ3n) is 2.57. The van der Waals surface area contributed by atoms with Gasteiger partial charge in [0, 0.05) is 11.9 Å². The molecule has 0 saturated carbocycles. The molecule has 17 heavy (non-hydrogen) atoms. The molecule has 92 valence electrons. The van der Waals surface area contributed by atoms with Crippen LogP contribution in [0.4, 0.5) is 0 Å². The molecule has 2 rings (SSSR count). The lowest BCUT2D eigenvalue weighted by atomic mass is 10.2. The number of aromatic nitrogens is 1. The maximum absolute atomic E-state index is 5.89. The number of thiazole rings is 1. The Balaban J connectivity index is 1.79. The summed E-state index contributed by atoms with van der Waals surface area (Å²) in [6, 6.07) is 8.26. The van der Waals surface area contributed by atoms with E-state index in [4.69, 9.17) is 11.6 Å². The summed E-state index contributed by atoms with van der Waals surface area (Å²) >= 11 is 7.65. The molecule has 1 atom stereocenters. The Bertz CT molecular complexity index is 434. The zero-order valence-electron chi connectivity index (χ0n) is 9.95. The minimum atomic E-state index is 0.277. The van der Waals surface area contributed by atoms with Crippen LogP contribution >= 0.6 is 22.9 Å². The quantitative estimate of drug-likeness (QED) is 0.637. The van der Waals surface area contributed by atoms with Gasteiger partial charge in [0.1, 0.15) is 5.01 Å². The van der Waals surface area contributed by atoms with E-state index in [1.807, 2.05) is 13.0 Å². The molecule has 0 bridgehead atoms. The predicted octanol–water partition coefficient (Wildman–Crippen LogP) is 3.79. The Morgan fingerprint density at radius 1 is 1.41 bits per heavy atom. The zero-order valence-corrected chi connectivity index (χ0v) is 11.5. The summed E-state index contributed by atoms with van der Waals surface area (Å²) in [7, 11) is 0. The first-order valence-electron chi connectivity index (χ1n) is 5.95. The summed E-state index contributed by atoms with van der Waals surface area (Å²) in [5.74, 6) is 0. The van der Waals surface area contributed by atoms with Crippen molar-refractivity contribution in [1.82, 2.24) is 10.3 Å². The molecule has 1 N–H and O–H groups in total. The lowest BCUT2D eigenvalue weighted by molar-refractivity contribution is 0.618. The van der Waals surface area contributed by atoms with Crippen molar-refractivity contribution in [1.29, 1.82) is 0 Å². The van der Waals surface area contributed by atoms with Crippen molar-refractivity contribution in [3.8, 4) is 0 Å². The first-order chi connectivity index (χ1) is 8.25. The van der Waals surface area contributed by atoms with E-state index in [-0.39, 0.29) is 5.38 Å². The van der Waals surface area contributed by atoms with Crippen LogP contribution in [0.25, 0.3) is 10.2 Å². The molecular weight excluding hydrogens is 252 g/mol. The van der Waals surface area contributed by atoms with Crippen LogP contribution in [0.3, 0.4) is 0 Å². The van der Waals surface area contributed by atoms with E-state index in [0.29, 0.717) is 0 Å². The Hall–Kier alpha value is -0.640. The first-order valence-corrected chi connectivity index (χ1v) is 7.20. The van der Waals surface area contributed by atoms with E-state index in [0.717, 1.165) is 36.5 Å². The van der Waals surface area contributed by atoms with Crippen LogP contribution in [0.1, 0.15) is 24.8 Å². The normalized spacial score (nSPS) is 13.1. The number of halogens is 1. The molecule has 0 fully saturated rings. The van der Waals surface area contributed by atoms with E-state index in [1.165, 1.54) is 4.70 Å². The van der Waals surface area contributed by atoms with E-state index in [9.17, 15) is 0 Å². The third kappa shape index (κ3) is 3.95. The average Bonchev–Trinajstić information content (AvgIpc) is 2.70. The van der Waals surface area contributed by atoms with Crippen molar-refractivity contribution in [2.45, 2.75) is 31.7 Å². The van der Waals surface area contributed by atoms with Crippen LogP contribution in [-0.4, -0.2) is 16.9 Å². The predicted molar refractivity (Wildman–Crippen MR) is 75.9 cm³/mol. The fourth-order valence-corrected chi connectivity index (χ4v) is 2.79. The minimum Gasteiger partial charge on any atom is -0.310 e. The van der Waals surface area contributed by atoms with Crippen molar-refractivity contribution >= 4 is 33.2 Å². The lowest BCUT2D eigenvalue weighted by Gasteiger charge is -2.03. The Morgan fingerprint density at radius 2 is 2.24 bits per heavy atom. The molecule has 0 radical (unpaired) electrons. The second-order valence-corrected chi connectivity index (χ2v) is 6.04. The highest BCUT2D eigenvalue weighted by Crippen LogP contribution is 2.21. The molecule has 1 heterocycles. The van der Waals surface area contributed by atoms with Gasteiger partial charge in [-0.05, 0) is 38.4 Å². The maximum Gasteiger partial charge on any atom is 0.108 e. The monoisotopic (exact) mass is 268 g/mol. The highest BCUT2D eigenvalue weighted by atomic mass is 35.5. The van der Waals surface area contributed by atoms with Crippen molar-refractivity contribution in [2.75, 3.05) is 6.54 Å². The Labute approximate surface area is 111 Å². The van der Waals surface area contributed by atoms with Gasteiger partial charge >= 0.3 is 0 Å². The van der Waals surface area contributed by atoms with Gasteiger partial charge in [0.05, 0.1) is 10.2 Å². The third-order valence-corrected chi connectivity index (χ3v) is 3.82. The molecule has 0 amide bonds. The van der Waals surface area contributed by atoms with Crippen molar-refractivity contribution in [3.05, 3.63) is 29.3 Å². The summed E-state index contributed by atoms with van der Waals surface area (Å²) in [5, 5.41) is 4.84. The SMILES string of the molecule is CC(Cl)CCCNCc1nc2ccccc2s1. The number of hydrogen-bond donors (Lipinski definition) is 1. The van der Waals surface area contributed by atoms with Gasteiger partial charge in [-0.25, -0.2) is 4.98 Å². The number of para-hydroxylation sites is 1. The number of alkyl halides is 1. The van der Waals surface area contributed by atoms with Crippen LogP contribution in [0.5, 0.6) is 0 Å². The molecule has 2 nitrogen and oxygen atoms in total. The Morgan fingerprint density at radius 3 is 3.00 bits per heavy atom. The zero-order chi connectivity index (χ0) is 12.1. The highest BCUT2D eigenvalue weighted by molar-refractivity contribution is 7.18. The fraction of sp³-hybridized carbons (Fsp3) is 0.462. The minimum absolute atomic E-state index is 0.277. The highest BCUT2D eigenvalue weighted by Gasteiger charge is 2.02. The van der Waals surface area contributed by atoms with Crippen molar-refractivity contribution in [2.24, 2.45) is 0 Å². The molecule has 1 aromatic heterocycles. The maximum atomic E-state index is 5.89. The van der Waals surface area contributed by atoms with Gasteiger partial charge in [0.2, 0.25) is 0 Å². The smallest absolute Gasteiger partial charge is 0.108 e. The van der Waals surface area contributed by atoms with Gasteiger partial charge in [-0.15, -0.1) is 22.9 Å². The molecule has 0 aliphatic rings. The summed E-state index contributed by atoms with van der Waals surface area (Å²) in [6.45, 7) is 3.90. The van der Waals surface area contributed by atoms with Gasteiger partial charge < -0.3 is 5.32 Å². The topological polar surface area (TPSA) is 24.9 Å². The molecule has 0 saturated heterocycles. The molecule has 1 aromatic carbocycles. The van der Waals surface area contributed by atoms with Gasteiger partial charge in [0.15, 0.2) is 0 Å². The van der Waals surface area contributed by atoms with E-state index in [1.54, 1.807) is 11.3 Å². The van der Waals surface area contributed by atoms with Crippen molar-refractivity contribution < 1.29 is 0 Å². The molecule has 4 heteroatoms. The molecule has 0 spiro atoms. The average molecular weight is 269 g/mol.